The molecule has 0 aliphatic carbocycles. The van der Waals surface area contributed by atoms with Crippen LogP contribution in [0.5, 0.6) is 6.01 Å². The molecule has 2 rings (SSSR count). The number of nitrogens with two attached hydrogens (primary N) is 1. The zero-order valence-electron chi connectivity index (χ0n) is 11.7. The molecule has 1 aromatic heterocycles. The lowest BCUT2D eigenvalue weighted by Crippen LogP contribution is -2.14. The summed E-state index contributed by atoms with van der Waals surface area (Å²) in [6, 6.07) is 10.5. The molecule has 0 spiro atoms. The molecule has 0 saturated heterocycles. The van der Waals surface area contributed by atoms with Gasteiger partial charge >= 0.3 is 6.01 Å². The molecule has 0 amide bonds. The lowest BCUT2D eigenvalue weighted by Gasteiger charge is -2.17. The molecular weight excluding hydrogens is 254 g/mol. The van der Waals surface area contributed by atoms with Gasteiger partial charge in [-0.2, -0.15) is 15.0 Å². The van der Waals surface area contributed by atoms with E-state index in [1.54, 1.807) is 0 Å². The Kier molecular flexibility index (Phi) is 4.70. The third-order valence-corrected chi connectivity index (χ3v) is 2.82. The molecule has 106 valence electrons. The highest BCUT2D eigenvalue weighted by atomic mass is 16.5. The summed E-state index contributed by atoms with van der Waals surface area (Å²) in [6.45, 7) is 4.45. The van der Waals surface area contributed by atoms with Crippen molar-refractivity contribution in [3.63, 3.8) is 0 Å². The summed E-state index contributed by atoms with van der Waals surface area (Å²) in [5, 5.41) is 3.26. The molecule has 6 heteroatoms. The Hall–Kier alpha value is -2.37. The van der Waals surface area contributed by atoms with E-state index in [1.165, 1.54) is 5.56 Å². The molecule has 1 atom stereocenters. The zero-order chi connectivity index (χ0) is 14.4. The maximum absolute atomic E-state index is 5.66. The van der Waals surface area contributed by atoms with Crippen LogP contribution in [0.4, 0.5) is 11.9 Å². The lowest BCUT2D eigenvalue weighted by atomic mass is 10.1. The Morgan fingerprint density at radius 2 is 1.90 bits per heavy atom. The average Bonchev–Trinajstić information content (AvgIpc) is 2.45. The molecule has 20 heavy (non-hydrogen) atoms. The van der Waals surface area contributed by atoms with Gasteiger partial charge in [0.1, 0.15) is 0 Å². The third-order valence-electron chi connectivity index (χ3n) is 2.82. The summed E-state index contributed by atoms with van der Waals surface area (Å²) in [4.78, 5) is 12.2. The SMILES string of the molecule is CCOc1nc(N)nc(NC(CC)c2ccccc2)n1. The Labute approximate surface area is 118 Å². The van der Waals surface area contributed by atoms with Gasteiger partial charge in [0.25, 0.3) is 0 Å². The monoisotopic (exact) mass is 273 g/mol. The number of anilines is 2. The van der Waals surface area contributed by atoms with Crippen LogP contribution in [-0.4, -0.2) is 21.6 Å². The van der Waals surface area contributed by atoms with Gasteiger partial charge in [-0.15, -0.1) is 0 Å². The average molecular weight is 273 g/mol. The van der Waals surface area contributed by atoms with Crippen LogP contribution in [0.15, 0.2) is 30.3 Å². The summed E-state index contributed by atoms with van der Waals surface area (Å²) in [6.07, 6.45) is 0.902. The third kappa shape index (κ3) is 3.57. The maximum Gasteiger partial charge on any atom is 0.323 e. The van der Waals surface area contributed by atoms with Gasteiger partial charge in [-0.1, -0.05) is 37.3 Å². The number of benzene rings is 1. The molecule has 0 fully saturated rings. The lowest BCUT2D eigenvalue weighted by molar-refractivity contribution is 0.312. The minimum absolute atomic E-state index is 0.118. The molecular formula is C14H19N5O. The summed E-state index contributed by atoms with van der Waals surface area (Å²) in [5.41, 5.74) is 6.84. The van der Waals surface area contributed by atoms with Gasteiger partial charge in [-0.25, -0.2) is 0 Å². The predicted octanol–water partition coefficient (Wildman–Crippen LogP) is 2.42. The Bertz CT molecular complexity index is 547. The van der Waals surface area contributed by atoms with Gasteiger partial charge < -0.3 is 15.8 Å². The van der Waals surface area contributed by atoms with Gasteiger partial charge in [0.2, 0.25) is 11.9 Å². The van der Waals surface area contributed by atoms with E-state index >= 15 is 0 Å². The van der Waals surface area contributed by atoms with Crippen LogP contribution in [0.2, 0.25) is 0 Å². The molecule has 3 N–H and O–H groups in total. The van der Waals surface area contributed by atoms with Gasteiger partial charge in [-0.05, 0) is 18.9 Å². The number of ether oxygens (including phenoxy) is 1. The minimum Gasteiger partial charge on any atom is -0.464 e. The first-order valence-corrected chi connectivity index (χ1v) is 6.68. The van der Waals surface area contributed by atoms with Gasteiger partial charge in [-0.3, -0.25) is 0 Å². The smallest absolute Gasteiger partial charge is 0.323 e. The van der Waals surface area contributed by atoms with Gasteiger partial charge in [0, 0.05) is 0 Å². The number of nitrogens with one attached hydrogen (secondary N) is 1. The van der Waals surface area contributed by atoms with Crippen LogP contribution in [0.1, 0.15) is 31.9 Å². The van der Waals surface area contributed by atoms with Crippen molar-refractivity contribution in [1.29, 1.82) is 0 Å². The van der Waals surface area contributed by atoms with E-state index in [-0.39, 0.29) is 18.0 Å². The van der Waals surface area contributed by atoms with E-state index in [1.807, 2.05) is 25.1 Å². The number of hydrogen-bond acceptors (Lipinski definition) is 6. The van der Waals surface area contributed by atoms with Crippen LogP contribution >= 0.6 is 0 Å². The Morgan fingerprint density at radius 1 is 1.15 bits per heavy atom. The normalized spacial score (nSPS) is 11.9. The number of hydrogen-bond donors (Lipinski definition) is 2. The van der Waals surface area contributed by atoms with E-state index in [2.05, 4.69) is 39.3 Å². The standard InChI is InChI=1S/C14H19N5O/c1-3-11(10-8-6-5-7-9-10)16-13-17-12(15)18-14(19-13)20-4-2/h5-9,11H,3-4H2,1-2H3,(H3,15,16,17,18,19). The fraction of sp³-hybridized carbons (Fsp3) is 0.357. The van der Waals surface area contributed by atoms with Crippen molar-refractivity contribution in [3.8, 4) is 6.01 Å². The number of nitrogens with zero attached hydrogens (tertiary/aromatic N) is 3. The van der Waals surface area contributed by atoms with Crippen LogP contribution < -0.4 is 15.8 Å². The topological polar surface area (TPSA) is 86.0 Å². The fourth-order valence-electron chi connectivity index (χ4n) is 1.89. The summed E-state index contributed by atoms with van der Waals surface area (Å²) < 4.78 is 5.27. The Morgan fingerprint density at radius 3 is 2.55 bits per heavy atom. The molecule has 0 radical (unpaired) electrons. The van der Waals surface area contributed by atoms with Crippen LogP contribution in [0, 0.1) is 0 Å². The summed E-state index contributed by atoms with van der Waals surface area (Å²) >= 11 is 0. The fourth-order valence-corrected chi connectivity index (χ4v) is 1.89. The quantitative estimate of drug-likeness (QED) is 0.840. The van der Waals surface area contributed by atoms with Gasteiger partial charge in [0.15, 0.2) is 0 Å². The number of aromatic nitrogens is 3. The van der Waals surface area contributed by atoms with Crippen LogP contribution in [0.3, 0.4) is 0 Å². The summed E-state index contributed by atoms with van der Waals surface area (Å²) in [5.74, 6) is 0.575. The second kappa shape index (κ2) is 6.70. The van der Waals surface area contributed by atoms with Crippen molar-refractivity contribution in [2.24, 2.45) is 0 Å². The van der Waals surface area contributed by atoms with Crippen molar-refractivity contribution in [2.75, 3.05) is 17.7 Å². The molecule has 0 aliphatic heterocycles. The molecule has 0 saturated carbocycles. The van der Waals surface area contributed by atoms with Gasteiger partial charge in [0.05, 0.1) is 12.6 Å². The first-order chi connectivity index (χ1) is 9.72. The second-order valence-corrected chi connectivity index (χ2v) is 4.25. The number of rotatable bonds is 6. The van der Waals surface area contributed by atoms with Crippen molar-refractivity contribution in [1.82, 2.24) is 15.0 Å². The molecule has 1 heterocycles. The summed E-state index contributed by atoms with van der Waals surface area (Å²) in [7, 11) is 0. The highest BCUT2D eigenvalue weighted by Gasteiger charge is 2.12. The van der Waals surface area contributed by atoms with Crippen LogP contribution in [-0.2, 0) is 0 Å². The van der Waals surface area contributed by atoms with Crippen molar-refractivity contribution < 1.29 is 4.74 Å². The van der Waals surface area contributed by atoms with E-state index in [9.17, 15) is 0 Å². The van der Waals surface area contributed by atoms with E-state index < -0.39 is 0 Å². The first-order valence-electron chi connectivity index (χ1n) is 6.68. The molecule has 2 aromatic rings. The van der Waals surface area contributed by atoms with E-state index in [4.69, 9.17) is 10.5 Å². The van der Waals surface area contributed by atoms with Crippen molar-refractivity contribution in [3.05, 3.63) is 35.9 Å². The minimum atomic E-state index is 0.118. The van der Waals surface area contributed by atoms with Crippen LogP contribution in [0.25, 0.3) is 0 Å². The van der Waals surface area contributed by atoms with Crippen molar-refractivity contribution in [2.45, 2.75) is 26.3 Å². The molecule has 1 unspecified atom stereocenters. The number of nitrogen functional groups attached to an aromatic ring is 1. The Balaban J connectivity index is 2.19. The largest absolute Gasteiger partial charge is 0.464 e. The van der Waals surface area contributed by atoms with E-state index in [0.29, 0.717) is 12.6 Å². The highest BCUT2D eigenvalue weighted by molar-refractivity contribution is 5.36. The molecule has 6 nitrogen and oxygen atoms in total. The molecule has 1 aromatic carbocycles. The second-order valence-electron chi connectivity index (χ2n) is 4.25. The predicted molar refractivity (Wildman–Crippen MR) is 78.5 cm³/mol. The van der Waals surface area contributed by atoms with Crippen molar-refractivity contribution >= 4 is 11.9 Å². The zero-order valence-corrected chi connectivity index (χ0v) is 11.7. The highest BCUT2D eigenvalue weighted by Crippen LogP contribution is 2.21. The molecule has 0 aliphatic rings. The first kappa shape index (κ1) is 14.0. The van der Waals surface area contributed by atoms with E-state index in [0.717, 1.165) is 6.42 Å². The molecule has 0 bridgehead atoms. The maximum atomic E-state index is 5.66.